The predicted molar refractivity (Wildman–Crippen MR) is 123 cm³/mol. The lowest BCUT2D eigenvalue weighted by Crippen LogP contribution is -2.56. The molecule has 1 aliphatic rings. The number of fused-ring (bicyclic) bond motifs is 1. The Bertz CT molecular complexity index is 937. The Labute approximate surface area is 188 Å². The summed E-state index contributed by atoms with van der Waals surface area (Å²) in [6, 6.07) is 13.4. The second-order valence-electron chi connectivity index (χ2n) is 8.06. The Hall–Kier alpha value is -2.97. The Morgan fingerprint density at radius 2 is 1.97 bits per heavy atom. The van der Waals surface area contributed by atoms with Crippen LogP contribution >= 0.6 is 0 Å². The predicted octanol–water partition coefficient (Wildman–Crippen LogP) is 1.19. The lowest BCUT2D eigenvalue weighted by Gasteiger charge is -2.32. The standard InChI is InChI=1S/C24H32N4O4/c1-17(29)27-14-22(24(31)32-2)28(16-20-10-6-12-26-20)23(30)15-25-13-19-9-5-8-18-7-3-4-11-21(18)19/h3-5,7-9,11,20,22,25-26H,6,10,12-16H2,1-2H3,(H,27,29)/t20?,22-/m0/s1. The first kappa shape index (κ1) is 23.7. The lowest BCUT2D eigenvalue weighted by atomic mass is 10.0. The molecule has 1 heterocycles. The van der Waals surface area contributed by atoms with Gasteiger partial charge in [0.2, 0.25) is 11.8 Å². The van der Waals surface area contributed by atoms with E-state index in [1.807, 2.05) is 24.3 Å². The van der Waals surface area contributed by atoms with Crippen LogP contribution in [0.2, 0.25) is 0 Å². The van der Waals surface area contributed by atoms with Gasteiger partial charge in [-0.05, 0) is 35.7 Å². The number of hydrogen-bond acceptors (Lipinski definition) is 6. The Balaban J connectivity index is 1.70. The number of carbonyl (C=O) groups excluding carboxylic acids is 3. The maximum atomic E-state index is 13.2. The van der Waals surface area contributed by atoms with Crippen LogP contribution < -0.4 is 16.0 Å². The SMILES string of the molecule is COC(=O)[C@H](CNC(C)=O)N(CC1CCCN1)C(=O)CNCc1cccc2ccccc12. The van der Waals surface area contributed by atoms with Gasteiger partial charge in [0.25, 0.3) is 0 Å². The van der Waals surface area contributed by atoms with E-state index in [9.17, 15) is 14.4 Å². The van der Waals surface area contributed by atoms with Crippen LogP contribution in [0.4, 0.5) is 0 Å². The van der Waals surface area contributed by atoms with E-state index in [2.05, 4.69) is 34.1 Å². The van der Waals surface area contributed by atoms with Crippen molar-refractivity contribution in [3.05, 3.63) is 48.0 Å². The molecule has 0 aromatic heterocycles. The van der Waals surface area contributed by atoms with Crippen molar-refractivity contribution in [3.63, 3.8) is 0 Å². The summed E-state index contributed by atoms with van der Waals surface area (Å²) in [6.07, 6.45) is 1.96. The highest BCUT2D eigenvalue weighted by Gasteiger charge is 2.33. The van der Waals surface area contributed by atoms with Gasteiger partial charge in [0.1, 0.15) is 6.04 Å². The minimum atomic E-state index is -0.877. The van der Waals surface area contributed by atoms with E-state index >= 15 is 0 Å². The Kier molecular flexibility index (Phi) is 8.58. The average Bonchev–Trinajstić information content (AvgIpc) is 3.31. The number of nitrogens with one attached hydrogen (secondary N) is 3. The molecule has 1 aliphatic heterocycles. The van der Waals surface area contributed by atoms with Crippen LogP contribution in [0.5, 0.6) is 0 Å². The van der Waals surface area contributed by atoms with Crippen LogP contribution in [-0.2, 0) is 25.7 Å². The van der Waals surface area contributed by atoms with Gasteiger partial charge in [0, 0.05) is 32.6 Å². The van der Waals surface area contributed by atoms with E-state index in [4.69, 9.17) is 4.74 Å². The Morgan fingerprint density at radius 1 is 1.19 bits per heavy atom. The molecular weight excluding hydrogens is 408 g/mol. The number of methoxy groups -OCH3 is 1. The maximum Gasteiger partial charge on any atom is 0.330 e. The summed E-state index contributed by atoms with van der Waals surface area (Å²) in [6.45, 7) is 3.27. The van der Waals surface area contributed by atoms with Gasteiger partial charge < -0.3 is 25.6 Å². The lowest BCUT2D eigenvalue weighted by molar-refractivity contribution is -0.152. The number of amides is 2. The summed E-state index contributed by atoms with van der Waals surface area (Å²) < 4.78 is 4.94. The number of rotatable bonds is 10. The zero-order valence-corrected chi connectivity index (χ0v) is 18.7. The van der Waals surface area contributed by atoms with Crippen molar-refractivity contribution in [1.82, 2.24) is 20.9 Å². The maximum absolute atomic E-state index is 13.2. The molecule has 2 amide bonds. The second-order valence-corrected chi connectivity index (χ2v) is 8.06. The molecule has 0 bridgehead atoms. The number of esters is 1. The van der Waals surface area contributed by atoms with Crippen molar-refractivity contribution in [2.45, 2.75) is 38.4 Å². The molecule has 1 saturated heterocycles. The third kappa shape index (κ3) is 6.27. The molecular formula is C24H32N4O4. The van der Waals surface area contributed by atoms with Crippen molar-refractivity contribution in [3.8, 4) is 0 Å². The van der Waals surface area contributed by atoms with Crippen molar-refractivity contribution in [2.75, 3.05) is 33.3 Å². The van der Waals surface area contributed by atoms with Crippen molar-refractivity contribution >= 4 is 28.6 Å². The van der Waals surface area contributed by atoms with E-state index in [0.717, 1.165) is 35.7 Å². The third-order valence-corrected chi connectivity index (χ3v) is 5.77. The first-order valence-corrected chi connectivity index (χ1v) is 11.0. The van der Waals surface area contributed by atoms with Crippen LogP contribution in [0.1, 0.15) is 25.3 Å². The molecule has 3 N–H and O–H groups in total. The average molecular weight is 441 g/mol. The summed E-state index contributed by atoms with van der Waals surface area (Å²) in [7, 11) is 1.29. The fourth-order valence-corrected chi connectivity index (χ4v) is 4.10. The van der Waals surface area contributed by atoms with E-state index in [1.165, 1.54) is 18.9 Å². The van der Waals surface area contributed by atoms with Crippen molar-refractivity contribution in [2.24, 2.45) is 0 Å². The highest BCUT2D eigenvalue weighted by molar-refractivity contribution is 5.87. The summed E-state index contributed by atoms with van der Waals surface area (Å²) >= 11 is 0. The number of ether oxygens (including phenoxy) is 1. The van der Waals surface area contributed by atoms with Gasteiger partial charge >= 0.3 is 5.97 Å². The summed E-state index contributed by atoms with van der Waals surface area (Å²) in [5.41, 5.74) is 1.10. The molecule has 0 spiro atoms. The molecule has 8 heteroatoms. The first-order chi connectivity index (χ1) is 15.5. The third-order valence-electron chi connectivity index (χ3n) is 5.77. The van der Waals surface area contributed by atoms with Crippen LogP contribution in [0.3, 0.4) is 0 Å². The Morgan fingerprint density at radius 3 is 2.69 bits per heavy atom. The topological polar surface area (TPSA) is 99.8 Å². The fraction of sp³-hybridized carbons (Fsp3) is 0.458. The minimum absolute atomic E-state index is 0.0176. The van der Waals surface area contributed by atoms with Crippen molar-refractivity contribution < 1.29 is 19.1 Å². The normalized spacial score (nSPS) is 16.5. The smallest absolute Gasteiger partial charge is 0.330 e. The highest BCUT2D eigenvalue weighted by atomic mass is 16.5. The van der Waals surface area contributed by atoms with Gasteiger partial charge in [-0.25, -0.2) is 4.79 Å². The van der Waals surface area contributed by atoms with E-state index in [0.29, 0.717) is 13.1 Å². The van der Waals surface area contributed by atoms with E-state index in [-0.39, 0.29) is 30.9 Å². The number of nitrogens with zero attached hydrogens (tertiary/aromatic N) is 1. The van der Waals surface area contributed by atoms with Gasteiger partial charge in [0.15, 0.2) is 0 Å². The van der Waals surface area contributed by atoms with Gasteiger partial charge in [-0.15, -0.1) is 0 Å². The molecule has 0 radical (unpaired) electrons. The minimum Gasteiger partial charge on any atom is -0.467 e. The molecule has 172 valence electrons. The van der Waals surface area contributed by atoms with Gasteiger partial charge in [-0.3, -0.25) is 9.59 Å². The molecule has 2 aromatic carbocycles. The quantitative estimate of drug-likeness (QED) is 0.480. The molecule has 32 heavy (non-hydrogen) atoms. The molecule has 0 aliphatic carbocycles. The van der Waals surface area contributed by atoms with Crippen LogP contribution in [0, 0.1) is 0 Å². The van der Waals surface area contributed by atoms with E-state index in [1.54, 1.807) is 0 Å². The number of carbonyl (C=O) groups is 3. The van der Waals surface area contributed by atoms with Gasteiger partial charge in [-0.2, -0.15) is 0 Å². The zero-order valence-electron chi connectivity index (χ0n) is 18.7. The van der Waals surface area contributed by atoms with Crippen LogP contribution in [-0.4, -0.2) is 68.1 Å². The molecule has 3 rings (SSSR count). The molecule has 8 nitrogen and oxygen atoms in total. The fourth-order valence-electron chi connectivity index (χ4n) is 4.10. The molecule has 2 aromatic rings. The second kappa shape index (κ2) is 11.6. The summed E-state index contributed by atoms with van der Waals surface area (Å²) in [4.78, 5) is 38.7. The molecule has 0 saturated carbocycles. The zero-order chi connectivity index (χ0) is 22.9. The molecule has 1 unspecified atom stereocenters. The number of benzene rings is 2. The highest BCUT2D eigenvalue weighted by Crippen LogP contribution is 2.18. The monoisotopic (exact) mass is 440 g/mol. The van der Waals surface area contributed by atoms with Gasteiger partial charge in [0.05, 0.1) is 13.7 Å². The molecule has 1 fully saturated rings. The van der Waals surface area contributed by atoms with Gasteiger partial charge in [-0.1, -0.05) is 42.5 Å². The molecule has 2 atom stereocenters. The largest absolute Gasteiger partial charge is 0.467 e. The summed E-state index contributed by atoms with van der Waals surface area (Å²) in [5, 5.41) is 11.5. The van der Waals surface area contributed by atoms with Crippen LogP contribution in [0.15, 0.2) is 42.5 Å². The summed E-state index contributed by atoms with van der Waals surface area (Å²) in [5.74, 6) is -1.02. The van der Waals surface area contributed by atoms with E-state index < -0.39 is 12.0 Å². The van der Waals surface area contributed by atoms with Crippen LogP contribution in [0.25, 0.3) is 10.8 Å². The number of hydrogen-bond donors (Lipinski definition) is 3. The first-order valence-electron chi connectivity index (χ1n) is 11.0. The van der Waals surface area contributed by atoms with Crippen molar-refractivity contribution in [1.29, 1.82) is 0 Å².